The molecule has 0 aliphatic rings. The number of aromatic nitrogens is 2. The van der Waals surface area contributed by atoms with Gasteiger partial charge < -0.3 is 9.97 Å². The Kier molecular flexibility index (Phi) is 2.75. The second-order valence-electron chi connectivity index (χ2n) is 5.74. The molecule has 0 unspecified atom stereocenters. The van der Waals surface area contributed by atoms with Crippen LogP contribution in [0.3, 0.4) is 0 Å². The molecule has 0 bridgehead atoms. The van der Waals surface area contributed by atoms with Gasteiger partial charge in [-0.2, -0.15) is 0 Å². The van der Waals surface area contributed by atoms with Crippen molar-refractivity contribution >= 4 is 47.6 Å². The largest absolute Gasteiger partial charge is 0.353 e. The summed E-state index contributed by atoms with van der Waals surface area (Å²) < 4.78 is 0. The van der Waals surface area contributed by atoms with Gasteiger partial charge in [0.05, 0.1) is 10.7 Å². The minimum atomic E-state index is 0.935. The first-order chi connectivity index (χ1) is 10.5. The molecule has 3 heteroatoms. The van der Waals surface area contributed by atoms with E-state index in [-0.39, 0.29) is 0 Å². The lowest BCUT2D eigenvalue weighted by molar-refractivity contribution is 1.23. The Bertz CT molecular complexity index is 1130. The Labute approximate surface area is 132 Å². The van der Waals surface area contributed by atoms with Crippen molar-refractivity contribution in [3.63, 3.8) is 0 Å². The molecular formula is C19H16N2S. The highest BCUT2D eigenvalue weighted by Gasteiger charge is 2.04. The van der Waals surface area contributed by atoms with Crippen LogP contribution in [0.1, 0.15) is 5.56 Å². The molecule has 0 radical (unpaired) electrons. The van der Waals surface area contributed by atoms with Gasteiger partial charge in [-0.05, 0) is 37.3 Å². The minimum absolute atomic E-state index is 0.935. The first kappa shape index (κ1) is 13.3. The van der Waals surface area contributed by atoms with Gasteiger partial charge >= 0.3 is 0 Å². The lowest BCUT2D eigenvalue weighted by Crippen LogP contribution is -2.03. The first-order valence-electron chi connectivity index (χ1n) is 7.16. The molecule has 0 aliphatic carbocycles. The smallest absolute Gasteiger partial charge is 0.0704 e. The maximum Gasteiger partial charge on any atom is 0.0704 e. The van der Waals surface area contributed by atoms with E-state index in [2.05, 4.69) is 60.9 Å². The van der Waals surface area contributed by atoms with Crippen LogP contribution >= 0.6 is 12.6 Å². The molecular weight excluding hydrogens is 288 g/mol. The van der Waals surface area contributed by atoms with Crippen LogP contribution in [-0.4, -0.2) is 9.97 Å². The molecule has 4 aromatic rings. The van der Waals surface area contributed by atoms with Gasteiger partial charge in [0.1, 0.15) is 0 Å². The summed E-state index contributed by atoms with van der Waals surface area (Å²) in [4.78, 5) is 7.86. The Morgan fingerprint density at radius 2 is 1.36 bits per heavy atom. The highest BCUT2D eigenvalue weighted by molar-refractivity contribution is 7.80. The van der Waals surface area contributed by atoms with Gasteiger partial charge in [0.15, 0.2) is 0 Å². The molecule has 0 spiro atoms. The average Bonchev–Trinajstić information content (AvgIpc) is 2.98. The van der Waals surface area contributed by atoms with E-state index in [0.717, 1.165) is 47.8 Å². The van der Waals surface area contributed by atoms with E-state index in [1.807, 2.05) is 18.2 Å². The van der Waals surface area contributed by atoms with Gasteiger partial charge in [-0.25, -0.2) is 0 Å². The summed E-state index contributed by atoms with van der Waals surface area (Å²) in [6.07, 6.45) is 0. The number of aromatic amines is 2. The van der Waals surface area contributed by atoms with Crippen LogP contribution in [0.15, 0.2) is 41.3 Å². The Hall–Kier alpha value is -2.39. The molecule has 0 saturated heterocycles. The Balaban J connectivity index is 2.29. The van der Waals surface area contributed by atoms with Crippen LogP contribution in [0.4, 0.5) is 0 Å². The topological polar surface area (TPSA) is 31.6 Å². The van der Waals surface area contributed by atoms with Gasteiger partial charge in [-0.15, -0.1) is 12.6 Å². The molecule has 2 aromatic carbocycles. The van der Waals surface area contributed by atoms with E-state index < -0.39 is 0 Å². The van der Waals surface area contributed by atoms with Crippen molar-refractivity contribution in [2.24, 2.45) is 0 Å². The van der Waals surface area contributed by atoms with E-state index in [9.17, 15) is 0 Å². The molecule has 4 rings (SSSR count). The standard InChI is InChI=1S/C19H16N2S/c1-10-4-6-16-14(8-10)11(2)18(20-16)19-12(3)15-9-13(22)5-7-17(15)21-19/h4-9,20-22H,2-3H2,1H3/b19-18+. The van der Waals surface area contributed by atoms with Crippen LogP contribution in [0.2, 0.25) is 0 Å². The molecule has 2 nitrogen and oxygen atoms in total. The molecule has 0 aliphatic heterocycles. The summed E-state index contributed by atoms with van der Waals surface area (Å²) in [7, 11) is 0. The number of aryl methyl sites for hydroxylation is 1. The van der Waals surface area contributed by atoms with Crippen molar-refractivity contribution < 1.29 is 0 Å². The van der Waals surface area contributed by atoms with Crippen molar-refractivity contribution in [1.29, 1.82) is 0 Å². The van der Waals surface area contributed by atoms with E-state index in [4.69, 9.17) is 0 Å². The van der Waals surface area contributed by atoms with Crippen LogP contribution in [0.5, 0.6) is 0 Å². The molecule has 22 heavy (non-hydrogen) atoms. The summed E-state index contributed by atoms with van der Waals surface area (Å²) >= 11 is 4.41. The Morgan fingerprint density at radius 1 is 0.818 bits per heavy atom. The predicted molar refractivity (Wildman–Crippen MR) is 96.6 cm³/mol. The number of rotatable bonds is 0. The fraction of sp³-hybridized carbons (Fsp3) is 0.0526. The van der Waals surface area contributed by atoms with Gasteiger partial charge in [-0.1, -0.05) is 24.8 Å². The van der Waals surface area contributed by atoms with E-state index in [1.165, 1.54) is 5.56 Å². The average molecular weight is 304 g/mol. The summed E-state index contributed by atoms with van der Waals surface area (Å²) in [5, 5.41) is 6.22. The summed E-state index contributed by atoms with van der Waals surface area (Å²) in [6.45, 7) is 10.6. The quantitative estimate of drug-likeness (QED) is 0.416. The normalized spacial score (nSPS) is 13.2. The third-order valence-corrected chi connectivity index (χ3v) is 4.48. The number of fused-ring (bicyclic) bond motifs is 2. The van der Waals surface area contributed by atoms with Gasteiger partial charge in [0, 0.05) is 37.1 Å². The minimum Gasteiger partial charge on any atom is -0.353 e. The van der Waals surface area contributed by atoms with Crippen LogP contribution in [0.25, 0.3) is 35.0 Å². The molecule has 0 amide bonds. The van der Waals surface area contributed by atoms with Crippen molar-refractivity contribution in [1.82, 2.24) is 9.97 Å². The number of hydrogen-bond donors (Lipinski definition) is 3. The van der Waals surface area contributed by atoms with Gasteiger partial charge in [0.2, 0.25) is 0 Å². The number of thiol groups is 1. The number of nitrogens with one attached hydrogen (secondary N) is 2. The molecule has 2 N–H and O–H groups in total. The highest BCUT2D eigenvalue weighted by Crippen LogP contribution is 2.15. The van der Waals surface area contributed by atoms with E-state index >= 15 is 0 Å². The van der Waals surface area contributed by atoms with Gasteiger partial charge in [0.25, 0.3) is 0 Å². The fourth-order valence-electron chi connectivity index (χ4n) is 3.02. The molecule has 0 atom stereocenters. The summed E-state index contributed by atoms with van der Waals surface area (Å²) in [5.74, 6) is 0. The van der Waals surface area contributed by atoms with Crippen molar-refractivity contribution in [2.45, 2.75) is 11.8 Å². The lowest BCUT2D eigenvalue weighted by atomic mass is 10.1. The number of benzene rings is 2. The fourth-order valence-corrected chi connectivity index (χ4v) is 3.23. The summed E-state index contributed by atoms with van der Waals surface area (Å²) in [5.41, 5.74) is 3.39. The van der Waals surface area contributed by atoms with Crippen LogP contribution < -0.4 is 10.4 Å². The second-order valence-corrected chi connectivity index (χ2v) is 6.25. The monoisotopic (exact) mass is 304 g/mol. The zero-order valence-corrected chi connectivity index (χ0v) is 13.2. The lowest BCUT2D eigenvalue weighted by Gasteiger charge is -1.91. The molecule has 0 saturated carbocycles. The first-order valence-corrected chi connectivity index (χ1v) is 7.60. The van der Waals surface area contributed by atoms with E-state index in [1.54, 1.807) is 0 Å². The van der Waals surface area contributed by atoms with Crippen LogP contribution in [0, 0.1) is 17.6 Å². The highest BCUT2D eigenvalue weighted by atomic mass is 32.1. The van der Waals surface area contributed by atoms with Crippen molar-refractivity contribution in [3.05, 3.63) is 63.1 Å². The molecule has 0 fully saturated rings. The predicted octanol–water partition coefficient (Wildman–Crippen LogP) is 3.35. The maximum absolute atomic E-state index is 4.41. The third kappa shape index (κ3) is 1.82. The SMILES string of the molecule is C=c1/c(=c2\[nH]c3ccc(S)cc3c2=C)[nH]c2ccc(C)cc12. The number of hydrogen-bond acceptors (Lipinski definition) is 1. The maximum atomic E-state index is 4.41. The molecule has 2 heterocycles. The van der Waals surface area contributed by atoms with Crippen LogP contribution in [-0.2, 0) is 0 Å². The second kappa shape index (κ2) is 4.55. The zero-order valence-electron chi connectivity index (χ0n) is 12.3. The van der Waals surface area contributed by atoms with Crippen molar-refractivity contribution in [3.8, 4) is 0 Å². The zero-order chi connectivity index (χ0) is 15.4. The Morgan fingerprint density at radius 3 is 2.00 bits per heavy atom. The van der Waals surface area contributed by atoms with E-state index in [0.29, 0.717) is 0 Å². The molecule has 108 valence electrons. The number of H-pyrrole nitrogens is 2. The van der Waals surface area contributed by atoms with Crippen molar-refractivity contribution in [2.75, 3.05) is 0 Å². The summed E-state index contributed by atoms with van der Waals surface area (Å²) in [6, 6.07) is 12.4. The third-order valence-electron chi connectivity index (χ3n) is 4.20. The van der Waals surface area contributed by atoms with Gasteiger partial charge in [-0.3, -0.25) is 0 Å². The molecule has 2 aromatic heterocycles.